The first-order valence-corrected chi connectivity index (χ1v) is 10.6. The Bertz CT molecular complexity index is 715. The molecule has 0 bridgehead atoms. The van der Waals surface area contributed by atoms with Crippen LogP contribution >= 0.6 is 11.6 Å². The molecule has 0 atom stereocenters. The molecule has 0 radical (unpaired) electrons. The quantitative estimate of drug-likeness (QED) is 0.887. The van der Waals surface area contributed by atoms with Gasteiger partial charge in [0.05, 0.1) is 16.5 Å². The second-order valence-electron chi connectivity index (χ2n) is 6.57. The summed E-state index contributed by atoms with van der Waals surface area (Å²) < 4.78 is 25.9. The molecule has 1 aromatic carbocycles. The summed E-state index contributed by atoms with van der Waals surface area (Å²) in [4.78, 5) is 12.5. The van der Waals surface area contributed by atoms with Crippen LogP contribution in [0, 0.1) is 0 Å². The molecule has 7 heteroatoms. The fourth-order valence-electron chi connectivity index (χ4n) is 3.42. The van der Waals surface area contributed by atoms with E-state index in [1.807, 2.05) is 0 Å². The van der Waals surface area contributed by atoms with Gasteiger partial charge < -0.3 is 5.32 Å². The van der Waals surface area contributed by atoms with Crippen LogP contribution in [0.3, 0.4) is 0 Å². The van der Waals surface area contributed by atoms with E-state index in [1.165, 1.54) is 10.7 Å². The van der Waals surface area contributed by atoms with Gasteiger partial charge in [-0.05, 0) is 43.9 Å². The van der Waals surface area contributed by atoms with Crippen LogP contribution in [0.15, 0.2) is 18.2 Å². The third kappa shape index (κ3) is 3.86. The zero-order valence-corrected chi connectivity index (χ0v) is 15.2. The molecule has 1 saturated carbocycles. The number of hydrogen-bond acceptors (Lipinski definition) is 3. The molecule has 24 heavy (non-hydrogen) atoms. The van der Waals surface area contributed by atoms with Crippen LogP contribution in [0.1, 0.15) is 55.3 Å². The normalized spacial score (nSPS) is 21.5. The Balaban J connectivity index is 1.81. The van der Waals surface area contributed by atoms with Gasteiger partial charge in [-0.2, -0.15) is 0 Å². The minimum absolute atomic E-state index is 0.127. The topological polar surface area (TPSA) is 66.5 Å². The summed E-state index contributed by atoms with van der Waals surface area (Å²) in [5.74, 6) is -0.0313. The number of sulfonamides is 1. The lowest BCUT2D eigenvalue weighted by molar-refractivity contribution is 0.0927. The van der Waals surface area contributed by atoms with Gasteiger partial charge in [0.2, 0.25) is 10.0 Å². The van der Waals surface area contributed by atoms with Crippen LogP contribution in [-0.2, 0) is 10.0 Å². The van der Waals surface area contributed by atoms with Crippen molar-refractivity contribution in [3.8, 4) is 0 Å². The summed E-state index contributed by atoms with van der Waals surface area (Å²) in [6, 6.07) is 5.07. The highest BCUT2D eigenvalue weighted by atomic mass is 35.5. The predicted molar refractivity (Wildman–Crippen MR) is 96.2 cm³/mol. The second kappa shape index (κ2) is 7.31. The van der Waals surface area contributed by atoms with Crippen LogP contribution in [0.2, 0.25) is 5.02 Å². The monoisotopic (exact) mass is 370 g/mol. The third-order valence-corrected chi connectivity index (χ3v) is 6.94. The van der Waals surface area contributed by atoms with E-state index in [1.54, 1.807) is 18.2 Å². The zero-order chi connectivity index (χ0) is 17.2. The number of halogens is 1. The Kier molecular flexibility index (Phi) is 5.35. The number of nitrogens with zero attached hydrogens (tertiary/aromatic N) is 1. The van der Waals surface area contributed by atoms with E-state index in [4.69, 9.17) is 11.6 Å². The van der Waals surface area contributed by atoms with E-state index < -0.39 is 10.0 Å². The van der Waals surface area contributed by atoms with Crippen molar-refractivity contribution in [2.75, 3.05) is 16.6 Å². The van der Waals surface area contributed by atoms with Gasteiger partial charge >= 0.3 is 0 Å². The summed E-state index contributed by atoms with van der Waals surface area (Å²) in [6.45, 7) is 0.412. The SMILES string of the molecule is O=C(NC1CCCCC1)c1ccc(Cl)c(N2CCCCS2(=O)=O)c1. The Morgan fingerprint density at radius 2 is 1.88 bits per heavy atom. The van der Waals surface area contributed by atoms with Gasteiger partial charge in [0.1, 0.15) is 0 Å². The van der Waals surface area contributed by atoms with E-state index in [2.05, 4.69) is 5.32 Å². The molecular weight excluding hydrogens is 348 g/mol. The lowest BCUT2D eigenvalue weighted by Gasteiger charge is -2.29. The van der Waals surface area contributed by atoms with Crippen molar-refractivity contribution in [1.82, 2.24) is 5.32 Å². The molecule has 0 unspecified atom stereocenters. The molecule has 0 aromatic heterocycles. The van der Waals surface area contributed by atoms with Gasteiger partial charge in [0.25, 0.3) is 5.91 Å². The molecule has 0 spiro atoms. The van der Waals surface area contributed by atoms with Crippen molar-refractivity contribution < 1.29 is 13.2 Å². The molecule has 5 nitrogen and oxygen atoms in total. The zero-order valence-electron chi connectivity index (χ0n) is 13.6. The first kappa shape index (κ1) is 17.5. The molecule has 2 aliphatic rings. The van der Waals surface area contributed by atoms with Crippen molar-refractivity contribution in [3.05, 3.63) is 28.8 Å². The van der Waals surface area contributed by atoms with E-state index in [0.29, 0.717) is 29.2 Å². The molecule has 1 amide bonds. The third-order valence-electron chi connectivity index (χ3n) is 4.77. The molecular formula is C17H23ClN2O3S. The minimum Gasteiger partial charge on any atom is -0.349 e. The lowest BCUT2D eigenvalue weighted by atomic mass is 9.95. The van der Waals surface area contributed by atoms with Gasteiger partial charge in [0.15, 0.2) is 0 Å². The van der Waals surface area contributed by atoms with Gasteiger partial charge in [-0.15, -0.1) is 0 Å². The molecule has 1 heterocycles. The number of carbonyl (C=O) groups is 1. The van der Waals surface area contributed by atoms with Crippen molar-refractivity contribution >= 4 is 33.2 Å². The van der Waals surface area contributed by atoms with Gasteiger partial charge in [0, 0.05) is 18.2 Å². The van der Waals surface area contributed by atoms with Gasteiger partial charge in [-0.1, -0.05) is 30.9 Å². The van der Waals surface area contributed by atoms with Gasteiger partial charge in [-0.25, -0.2) is 8.42 Å². The maximum atomic E-state index is 12.5. The van der Waals surface area contributed by atoms with Crippen molar-refractivity contribution in [2.24, 2.45) is 0 Å². The van der Waals surface area contributed by atoms with Gasteiger partial charge in [-0.3, -0.25) is 9.10 Å². The van der Waals surface area contributed by atoms with Crippen molar-refractivity contribution in [3.63, 3.8) is 0 Å². The standard InChI is InChI=1S/C17H23ClN2O3S/c18-15-9-8-13(17(21)19-14-6-2-1-3-7-14)12-16(15)20-10-4-5-11-24(20,22)23/h8-9,12,14H,1-7,10-11H2,(H,19,21). The summed E-state index contributed by atoms with van der Waals surface area (Å²) in [5, 5.41) is 3.41. The second-order valence-corrected chi connectivity index (χ2v) is 8.99. The number of benzene rings is 1. The largest absolute Gasteiger partial charge is 0.349 e. The highest BCUT2D eigenvalue weighted by Crippen LogP contribution is 2.31. The molecule has 3 rings (SSSR count). The molecule has 1 N–H and O–H groups in total. The average molecular weight is 371 g/mol. The van der Waals surface area contributed by atoms with Crippen LogP contribution < -0.4 is 9.62 Å². The summed E-state index contributed by atoms with van der Waals surface area (Å²) in [5.41, 5.74) is 0.869. The molecule has 132 valence electrons. The first-order valence-electron chi connectivity index (χ1n) is 8.58. The number of anilines is 1. The highest BCUT2D eigenvalue weighted by molar-refractivity contribution is 7.92. The van der Waals surface area contributed by atoms with Crippen LogP contribution in [0.5, 0.6) is 0 Å². The Labute approximate surface area is 148 Å². The fraction of sp³-hybridized carbons (Fsp3) is 0.588. The lowest BCUT2D eigenvalue weighted by Crippen LogP contribution is -2.38. The van der Waals surface area contributed by atoms with E-state index in [0.717, 1.165) is 32.1 Å². The Morgan fingerprint density at radius 3 is 2.58 bits per heavy atom. The highest BCUT2D eigenvalue weighted by Gasteiger charge is 2.28. The van der Waals surface area contributed by atoms with Crippen LogP contribution in [0.4, 0.5) is 5.69 Å². The Hall–Kier alpha value is -1.27. The molecule has 1 aliphatic carbocycles. The smallest absolute Gasteiger partial charge is 0.251 e. The fourth-order valence-corrected chi connectivity index (χ4v) is 5.34. The number of nitrogens with one attached hydrogen (secondary N) is 1. The van der Waals surface area contributed by atoms with Crippen LogP contribution in [0.25, 0.3) is 0 Å². The summed E-state index contributed by atoms with van der Waals surface area (Å²) in [7, 11) is -3.35. The molecule has 1 aromatic rings. The van der Waals surface area contributed by atoms with E-state index in [-0.39, 0.29) is 17.7 Å². The summed E-state index contributed by atoms with van der Waals surface area (Å²) in [6.07, 6.45) is 6.99. The number of carbonyl (C=O) groups excluding carboxylic acids is 1. The molecule has 1 saturated heterocycles. The van der Waals surface area contributed by atoms with E-state index >= 15 is 0 Å². The molecule has 2 fully saturated rings. The maximum absolute atomic E-state index is 12.5. The number of amides is 1. The predicted octanol–water partition coefficient (Wildman–Crippen LogP) is 3.33. The summed E-state index contributed by atoms with van der Waals surface area (Å²) >= 11 is 6.22. The Morgan fingerprint density at radius 1 is 1.12 bits per heavy atom. The number of hydrogen-bond donors (Lipinski definition) is 1. The van der Waals surface area contributed by atoms with Crippen molar-refractivity contribution in [2.45, 2.75) is 51.0 Å². The van der Waals surface area contributed by atoms with E-state index in [9.17, 15) is 13.2 Å². The maximum Gasteiger partial charge on any atom is 0.251 e. The van der Waals surface area contributed by atoms with Crippen molar-refractivity contribution in [1.29, 1.82) is 0 Å². The molecule has 1 aliphatic heterocycles. The van der Waals surface area contributed by atoms with Crippen LogP contribution in [-0.4, -0.2) is 32.7 Å². The minimum atomic E-state index is -3.35. The number of rotatable bonds is 3. The first-order chi connectivity index (χ1) is 11.5. The average Bonchev–Trinajstić information content (AvgIpc) is 2.56.